The standard InChI is InChI=1S/C12H14N3O2.C2H6.Rf/c1-15(16-2)11-6-4-3-5-10(11)9-17-12-7-8-13-14-12;1-2;/h3-8H,9H2,1-2H3;1-2H3;/q-1;;. The minimum atomic E-state index is 0. The van der Waals surface area contributed by atoms with E-state index in [-0.39, 0.29) is 0 Å². The molecule has 0 bridgehead atoms. The summed E-state index contributed by atoms with van der Waals surface area (Å²) in [5, 5.41) is 9.20. The Balaban J connectivity index is 0.00000115. The van der Waals surface area contributed by atoms with Crippen LogP contribution in [0.25, 0.3) is 0 Å². The number of hydrogen-bond donors (Lipinski definition) is 0. The van der Waals surface area contributed by atoms with Gasteiger partial charge in [0, 0.05) is 12.6 Å². The summed E-state index contributed by atoms with van der Waals surface area (Å²) in [6.07, 6.45) is 1.60. The van der Waals surface area contributed by atoms with Gasteiger partial charge in [0.2, 0.25) is 0 Å². The van der Waals surface area contributed by atoms with Crippen molar-refractivity contribution in [3.8, 4) is 5.88 Å². The largest absolute Gasteiger partial charge is 0.579 e. The molecule has 1 aromatic carbocycles. The van der Waals surface area contributed by atoms with Crippen molar-refractivity contribution in [3.05, 3.63) is 42.1 Å². The molecule has 0 saturated heterocycles. The number of anilines is 1. The molecule has 106 valence electrons. The molecule has 0 atom stereocenters. The maximum Gasteiger partial charge on any atom is 0.192 e. The van der Waals surface area contributed by atoms with E-state index in [4.69, 9.17) is 9.57 Å². The average molecular weight is 529 g/mol. The molecule has 0 unspecified atom stereocenters. The maximum absolute atomic E-state index is 5.51. The van der Waals surface area contributed by atoms with E-state index in [1.54, 1.807) is 24.4 Å². The smallest absolute Gasteiger partial charge is 0.192 e. The van der Waals surface area contributed by atoms with Gasteiger partial charge in [0.25, 0.3) is 0 Å². The molecule has 0 fully saturated rings. The van der Waals surface area contributed by atoms with E-state index >= 15 is 0 Å². The molecule has 2 rings (SSSR count). The quantitative estimate of drug-likeness (QED) is 0.558. The van der Waals surface area contributed by atoms with Crippen LogP contribution in [0.2, 0.25) is 0 Å². The van der Waals surface area contributed by atoms with Crippen LogP contribution in [-0.4, -0.2) is 19.3 Å². The third-order valence-electron chi connectivity index (χ3n) is 2.42. The zero-order valence-corrected chi connectivity index (χ0v) is 18.9. The molecule has 0 spiro atoms. The topological polar surface area (TPSA) is 48.7 Å². The van der Waals surface area contributed by atoms with Crippen LogP contribution in [0, 0.1) is 0 Å². The maximum atomic E-state index is 5.51. The number of ether oxygens (including phenoxy) is 1. The first-order chi connectivity index (χ1) is 9.31. The Hall–Kier alpha value is -3.01. The van der Waals surface area contributed by atoms with Crippen molar-refractivity contribution in [3.63, 3.8) is 0 Å². The number of hydrogen-bond acceptors (Lipinski definition) is 4. The number of rotatable bonds is 5. The van der Waals surface area contributed by atoms with Gasteiger partial charge < -0.3 is 14.9 Å². The fraction of sp³-hybridized carbons (Fsp3) is 0.357. The average Bonchev–Trinajstić information content (AvgIpc) is 3.00. The van der Waals surface area contributed by atoms with Crippen molar-refractivity contribution in [2.75, 3.05) is 19.2 Å². The zero-order chi connectivity index (χ0) is 14.1. The van der Waals surface area contributed by atoms with E-state index in [9.17, 15) is 0 Å². The number of nitrogens with zero attached hydrogens (tertiary/aromatic N) is 3. The van der Waals surface area contributed by atoms with Gasteiger partial charge in [-0.15, -0.1) is 0 Å². The molecular formula is C14H20N3O2Rf-. The SMILES string of the molecule is CC.CON(C)c1ccccc1COc1cc[n-]n1.[Rf]. The molecule has 2 aromatic rings. The van der Waals surface area contributed by atoms with E-state index in [1.807, 2.05) is 45.2 Å². The number of hydroxylamine groups is 1. The molecule has 0 N–H and O–H groups in total. The molecule has 20 heavy (non-hydrogen) atoms. The van der Waals surface area contributed by atoms with Crippen LogP contribution in [0.1, 0.15) is 19.4 Å². The van der Waals surface area contributed by atoms with Gasteiger partial charge in [-0.25, -0.2) is 0 Å². The van der Waals surface area contributed by atoms with E-state index in [1.165, 1.54) is 0 Å². The van der Waals surface area contributed by atoms with Crippen LogP contribution in [0.4, 0.5) is 5.69 Å². The summed E-state index contributed by atoms with van der Waals surface area (Å²) in [4.78, 5) is 5.16. The van der Waals surface area contributed by atoms with Crippen molar-refractivity contribution in [2.45, 2.75) is 20.5 Å². The van der Waals surface area contributed by atoms with Crippen LogP contribution in [0.3, 0.4) is 0 Å². The summed E-state index contributed by atoms with van der Waals surface area (Å²) in [7, 11) is 3.47. The number of para-hydroxylation sites is 1. The van der Waals surface area contributed by atoms with Crippen LogP contribution < -0.4 is 14.9 Å². The van der Waals surface area contributed by atoms with Gasteiger partial charge in [0.05, 0.1) is 12.8 Å². The van der Waals surface area contributed by atoms with Crippen molar-refractivity contribution in [1.29, 1.82) is 0 Å². The second-order valence-electron chi connectivity index (χ2n) is 3.47. The molecule has 0 aliphatic heterocycles. The van der Waals surface area contributed by atoms with Crippen LogP contribution in [0.15, 0.2) is 36.5 Å². The van der Waals surface area contributed by atoms with Crippen molar-refractivity contribution < 1.29 is 9.57 Å². The van der Waals surface area contributed by atoms with E-state index in [2.05, 4.69) is 10.2 Å². The van der Waals surface area contributed by atoms with E-state index < -0.39 is 0 Å². The molecule has 0 aliphatic rings. The monoisotopic (exact) mass is 529 g/mol. The Kier molecular flexibility index (Phi) is 7.64. The summed E-state index contributed by atoms with van der Waals surface area (Å²) in [5.74, 6) is 0.528. The second-order valence-corrected chi connectivity index (χ2v) is 3.47. The van der Waals surface area contributed by atoms with Gasteiger partial charge in [0.1, 0.15) is 6.61 Å². The number of aromatic nitrogens is 2. The second kappa shape index (κ2) is 8.99. The van der Waals surface area contributed by atoms with E-state index in [0.29, 0.717) is 12.5 Å². The van der Waals surface area contributed by atoms with Gasteiger partial charge in [-0.05, 0) is 12.1 Å². The molecule has 5 nitrogen and oxygen atoms in total. The Morgan fingerprint density at radius 3 is 2.50 bits per heavy atom. The van der Waals surface area contributed by atoms with Crippen molar-refractivity contribution in [1.82, 2.24) is 10.2 Å². The normalized spacial score (nSPS) is 9.00. The third-order valence-corrected chi connectivity index (χ3v) is 2.42. The minimum Gasteiger partial charge on any atom is -0.579 e. The molecule has 0 saturated carbocycles. The molecule has 0 aliphatic carbocycles. The van der Waals surface area contributed by atoms with Crippen LogP contribution in [0.5, 0.6) is 5.88 Å². The molecule has 1 aromatic heterocycles. The van der Waals surface area contributed by atoms with Gasteiger partial charge >= 0.3 is 0 Å². The van der Waals surface area contributed by atoms with Gasteiger partial charge in [-0.1, -0.05) is 32.0 Å². The Morgan fingerprint density at radius 2 is 1.90 bits per heavy atom. The van der Waals surface area contributed by atoms with Gasteiger partial charge in [-0.3, -0.25) is 9.90 Å². The first kappa shape index (κ1) is 17.0. The first-order valence-electron chi connectivity index (χ1n) is 6.24. The van der Waals surface area contributed by atoms with Crippen LogP contribution in [-0.2, 0) is 11.4 Å². The molecule has 6 heteroatoms. The molecule has 0 amide bonds. The summed E-state index contributed by atoms with van der Waals surface area (Å²) >= 11 is 0. The van der Waals surface area contributed by atoms with Gasteiger partial charge in [-0.2, -0.15) is 6.20 Å². The summed E-state index contributed by atoms with van der Waals surface area (Å²) in [6, 6.07) is 9.60. The fourth-order valence-electron chi connectivity index (χ4n) is 1.49. The molecule has 0 radical (unpaired) electrons. The zero-order valence-electron chi connectivity index (χ0n) is 12.5. The predicted octanol–water partition coefficient (Wildman–Crippen LogP) is 2.64. The first-order valence-corrected chi connectivity index (χ1v) is 6.24. The minimum absolute atomic E-state index is 0. The Morgan fingerprint density at radius 1 is 1.20 bits per heavy atom. The Labute approximate surface area is 114 Å². The molecule has 1 heterocycles. The van der Waals surface area contributed by atoms with E-state index in [0.717, 1.165) is 11.3 Å². The third kappa shape index (κ3) is 4.34. The fourth-order valence-corrected chi connectivity index (χ4v) is 1.49. The summed E-state index contributed by atoms with van der Waals surface area (Å²) in [6.45, 7) is 4.43. The summed E-state index contributed by atoms with van der Waals surface area (Å²) in [5.41, 5.74) is 1.99. The van der Waals surface area contributed by atoms with Crippen LogP contribution >= 0.6 is 0 Å². The Bertz CT molecular complexity index is 463. The summed E-state index contributed by atoms with van der Waals surface area (Å²) < 4.78 is 5.51. The predicted molar refractivity (Wildman–Crippen MR) is 75.1 cm³/mol. The number of benzene rings is 1. The van der Waals surface area contributed by atoms with Crippen molar-refractivity contribution >= 4 is 5.69 Å². The molecular weight excluding hydrogens is 509 g/mol. The van der Waals surface area contributed by atoms with Crippen molar-refractivity contribution in [2.24, 2.45) is 0 Å². The van der Waals surface area contributed by atoms with Gasteiger partial charge in [0.15, 0.2) is 5.88 Å².